The highest BCUT2D eigenvalue weighted by Gasteiger charge is 2.26. The average molecular weight is 534 g/mol. The Morgan fingerprint density at radius 2 is 1.68 bits per heavy atom. The van der Waals surface area contributed by atoms with Crippen molar-refractivity contribution in [1.82, 2.24) is 14.1 Å². The second-order valence-electron chi connectivity index (χ2n) is 9.36. The fourth-order valence-corrected chi connectivity index (χ4v) is 4.73. The number of para-hydroxylation sites is 1. The molecule has 0 saturated heterocycles. The molecular weight excluding hydrogens is 506 g/mol. The lowest BCUT2D eigenvalue weighted by molar-refractivity contribution is 0.387. The van der Waals surface area contributed by atoms with Gasteiger partial charge in [-0.25, -0.2) is 0 Å². The van der Waals surface area contributed by atoms with Crippen molar-refractivity contribution in [2.24, 2.45) is 5.92 Å². The Hall–Kier alpha value is -4.04. The number of halogens is 1. The maximum Gasteiger partial charge on any atom is 0.265 e. The van der Waals surface area contributed by atoms with Crippen LogP contribution in [0.25, 0.3) is 11.4 Å². The van der Waals surface area contributed by atoms with E-state index in [9.17, 15) is 14.7 Å². The molecule has 1 aliphatic rings. The highest BCUT2D eigenvalue weighted by Crippen LogP contribution is 2.36. The molecule has 0 aliphatic heterocycles. The number of aromatic hydroxyl groups is 1. The Balaban J connectivity index is 1.57. The van der Waals surface area contributed by atoms with Crippen molar-refractivity contribution >= 4 is 11.6 Å². The van der Waals surface area contributed by atoms with Gasteiger partial charge in [0.15, 0.2) is 0 Å². The number of hydrogen-bond donors (Lipinski definition) is 1. The number of aryl methyl sites for hydroxylation is 1. The normalized spacial score (nSPS) is 12.9. The Morgan fingerprint density at radius 1 is 1.00 bits per heavy atom. The lowest BCUT2D eigenvalue weighted by Crippen LogP contribution is -2.28. The van der Waals surface area contributed by atoms with Crippen molar-refractivity contribution in [2.75, 3.05) is 14.2 Å². The minimum atomic E-state index is -0.388. The SMILES string of the molecule is COc1cccc(OC)c1-n1c(CCC2CC2)nc(O)c(Cc2ccc(-n3cc(Cl)ccc3=O)cc2)c1=O. The summed E-state index contributed by atoms with van der Waals surface area (Å²) in [5, 5.41) is 11.3. The molecule has 0 radical (unpaired) electrons. The number of aromatic nitrogens is 3. The summed E-state index contributed by atoms with van der Waals surface area (Å²) in [6, 6.07) is 15.4. The molecule has 2 aromatic carbocycles. The second-order valence-corrected chi connectivity index (χ2v) is 9.80. The van der Waals surface area contributed by atoms with E-state index in [1.807, 2.05) is 0 Å². The highest BCUT2D eigenvalue weighted by atomic mass is 35.5. The summed E-state index contributed by atoms with van der Waals surface area (Å²) < 4.78 is 14.1. The van der Waals surface area contributed by atoms with E-state index < -0.39 is 0 Å². The lowest BCUT2D eigenvalue weighted by atomic mass is 10.1. The number of hydrogen-bond acceptors (Lipinski definition) is 6. The van der Waals surface area contributed by atoms with Crippen LogP contribution < -0.4 is 20.6 Å². The number of benzene rings is 2. The van der Waals surface area contributed by atoms with E-state index >= 15 is 0 Å². The summed E-state index contributed by atoms with van der Waals surface area (Å²) in [5.41, 5.74) is 1.41. The molecular formula is C29H28ClN3O5. The van der Waals surface area contributed by atoms with E-state index in [-0.39, 0.29) is 29.0 Å². The number of ether oxygens (including phenoxy) is 2. The number of pyridine rings is 1. The predicted molar refractivity (Wildman–Crippen MR) is 146 cm³/mol. The van der Waals surface area contributed by atoms with Crippen LogP contribution in [0.5, 0.6) is 17.4 Å². The fraction of sp³-hybridized carbons (Fsp3) is 0.276. The van der Waals surface area contributed by atoms with E-state index in [1.54, 1.807) is 54.7 Å². The van der Waals surface area contributed by atoms with Crippen molar-refractivity contribution in [3.8, 4) is 28.8 Å². The van der Waals surface area contributed by atoms with Crippen LogP contribution in [0.2, 0.25) is 5.02 Å². The van der Waals surface area contributed by atoms with Crippen LogP contribution in [0.15, 0.2) is 70.4 Å². The third-order valence-electron chi connectivity index (χ3n) is 6.79. The standard InChI is InChI=1S/C29H28ClN3O5/c1-37-23-4-3-5-24(38-2)27(23)33-25(14-10-18-6-7-18)31-28(35)22(29(33)36)16-19-8-12-21(13-9-19)32-17-20(30)11-15-26(32)34/h3-5,8-9,11-13,15,17-18,35H,6-7,10,14,16H2,1-2H3. The first kappa shape index (κ1) is 25.6. The van der Waals surface area contributed by atoms with Crippen LogP contribution >= 0.6 is 11.6 Å². The van der Waals surface area contributed by atoms with Gasteiger partial charge in [-0.3, -0.25) is 18.7 Å². The Morgan fingerprint density at radius 3 is 2.32 bits per heavy atom. The van der Waals surface area contributed by atoms with Gasteiger partial charge in [-0.2, -0.15) is 4.98 Å². The maximum atomic E-state index is 14.0. The van der Waals surface area contributed by atoms with Crippen LogP contribution in [-0.4, -0.2) is 33.4 Å². The molecule has 2 heterocycles. The number of nitrogens with zero attached hydrogens (tertiary/aromatic N) is 3. The summed E-state index contributed by atoms with van der Waals surface area (Å²) in [6.07, 6.45) is 5.45. The van der Waals surface area contributed by atoms with Crippen molar-refractivity contribution in [2.45, 2.75) is 32.1 Å². The minimum absolute atomic E-state index is 0.142. The van der Waals surface area contributed by atoms with E-state index in [4.69, 9.17) is 21.1 Å². The van der Waals surface area contributed by atoms with E-state index in [1.165, 1.54) is 42.3 Å². The van der Waals surface area contributed by atoms with E-state index in [0.717, 1.165) is 12.0 Å². The summed E-state index contributed by atoms with van der Waals surface area (Å²) in [5.74, 6) is 1.72. The molecule has 4 aromatic rings. The van der Waals surface area contributed by atoms with Crippen LogP contribution in [0.4, 0.5) is 0 Å². The van der Waals surface area contributed by atoms with Gasteiger partial charge < -0.3 is 14.6 Å². The molecule has 38 heavy (non-hydrogen) atoms. The molecule has 1 saturated carbocycles. The number of rotatable bonds is 9. The molecule has 0 atom stereocenters. The summed E-state index contributed by atoms with van der Waals surface area (Å²) in [4.78, 5) is 30.7. The zero-order valence-corrected chi connectivity index (χ0v) is 21.9. The summed E-state index contributed by atoms with van der Waals surface area (Å²) in [7, 11) is 3.07. The van der Waals surface area contributed by atoms with Gasteiger partial charge in [0.2, 0.25) is 5.88 Å². The lowest BCUT2D eigenvalue weighted by Gasteiger charge is -2.19. The average Bonchev–Trinajstić information content (AvgIpc) is 3.76. The van der Waals surface area contributed by atoms with Crippen molar-refractivity contribution in [3.05, 3.63) is 103 Å². The van der Waals surface area contributed by atoms with Gasteiger partial charge in [0.1, 0.15) is 23.0 Å². The van der Waals surface area contributed by atoms with Gasteiger partial charge >= 0.3 is 0 Å². The van der Waals surface area contributed by atoms with Crippen molar-refractivity contribution in [3.63, 3.8) is 0 Å². The molecule has 196 valence electrons. The van der Waals surface area contributed by atoms with Crippen LogP contribution in [-0.2, 0) is 12.8 Å². The zero-order chi connectivity index (χ0) is 26.8. The van der Waals surface area contributed by atoms with Crippen molar-refractivity contribution in [1.29, 1.82) is 0 Å². The quantitative estimate of drug-likeness (QED) is 0.335. The zero-order valence-electron chi connectivity index (χ0n) is 21.2. The third-order valence-corrected chi connectivity index (χ3v) is 7.02. The molecule has 1 fully saturated rings. The fourth-order valence-electron chi connectivity index (χ4n) is 4.57. The molecule has 1 N–H and O–H groups in total. The summed E-state index contributed by atoms with van der Waals surface area (Å²) >= 11 is 6.06. The molecule has 0 amide bonds. The largest absolute Gasteiger partial charge is 0.494 e. The third kappa shape index (κ3) is 5.17. The molecule has 2 aromatic heterocycles. The van der Waals surface area contributed by atoms with Crippen LogP contribution in [0.3, 0.4) is 0 Å². The first-order valence-corrected chi connectivity index (χ1v) is 12.8. The van der Waals surface area contributed by atoms with Gasteiger partial charge in [-0.1, -0.05) is 42.6 Å². The van der Waals surface area contributed by atoms with Crippen LogP contribution in [0.1, 0.15) is 36.2 Å². The number of methoxy groups -OCH3 is 2. The maximum absolute atomic E-state index is 14.0. The van der Waals surface area contributed by atoms with Gasteiger partial charge in [0, 0.05) is 30.8 Å². The van der Waals surface area contributed by atoms with Gasteiger partial charge in [-0.15, -0.1) is 0 Å². The molecule has 0 spiro atoms. The first-order chi connectivity index (χ1) is 18.4. The topological polar surface area (TPSA) is 95.6 Å². The monoisotopic (exact) mass is 533 g/mol. The van der Waals surface area contributed by atoms with Crippen LogP contribution in [0, 0.1) is 5.92 Å². The first-order valence-electron chi connectivity index (χ1n) is 12.4. The second kappa shape index (κ2) is 10.8. The smallest absolute Gasteiger partial charge is 0.265 e. The molecule has 1 aliphatic carbocycles. The molecule has 0 unspecified atom stereocenters. The molecule has 8 nitrogen and oxygen atoms in total. The Labute approximate surface area is 224 Å². The Bertz CT molecular complexity index is 1570. The Kier molecular flexibility index (Phi) is 7.24. The van der Waals surface area contributed by atoms with Gasteiger partial charge in [-0.05, 0) is 48.2 Å². The highest BCUT2D eigenvalue weighted by molar-refractivity contribution is 6.30. The van der Waals surface area contributed by atoms with E-state index in [0.29, 0.717) is 46.1 Å². The molecule has 9 heteroatoms. The minimum Gasteiger partial charge on any atom is -0.494 e. The molecule has 0 bridgehead atoms. The van der Waals surface area contributed by atoms with Crippen molar-refractivity contribution < 1.29 is 14.6 Å². The predicted octanol–water partition coefficient (Wildman–Crippen LogP) is 4.69. The van der Waals surface area contributed by atoms with Gasteiger partial charge in [0.05, 0.1) is 24.8 Å². The van der Waals surface area contributed by atoms with Gasteiger partial charge in [0.25, 0.3) is 11.1 Å². The molecule has 5 rings (SSSR count). The summed E-state index contributed by atoms with van der Waals surface area (Å²) in [6.45, 7) is 0. The van der Waals surface area contributed by atoms with E-state index in [2.05, 4.69) is 4.98 Å².